The molecule has 0 N–H and O–H groups in total. The van der Waals surface area contributed by atoms with E-state index in [9.17, 15) is 13.0 Å². The Hall–Kier alpha value is 0.130. The van der Waals surface area contributed by atoms with Gasteiger partial charge in [-0.3, -0.25) is 0 Å². The SMILES string of the molecule is O=S(=O)([O-])c1ccc(C2CCCCC2)c(C2CCCCC2)c1C1CCCCC1.[Na+]. The third kappa shape index (κ3) is 5.49. The minimum atomic E-state index is -4.44. The van der Waals surface area contributed by atoms with Gasteiger partial charge < -0.3 is 4.55 Å². The zero-order valence-corrected chi connectivity index (χ0v) is 20.9. The fraction of sp³-hybridized carbons (Fsp3) is 0.750. The van der Waals surface area contributed by atoms with Crippen LogP contribution in [0, 0.1) is 0 Å². The van der Waals surface area contributed by atoms with Crippen molar-refractivity contribution in [3.63, 3.8) is 0 Å². The Morgan fingerprint density at radius 1 is 0.621 bits per heavy atom. The summed E-state index contributed by atoms with van der Waals surface area (Å²) >= 11 is 0. The molecule has 3 aliphatic rings. The first-order chi connectivity index (χ1) is 13.6. The summed E-state index contributed by atoms with van der Waals surface area (Å²) in [6.45, 7) is 0. The summed E-state index contributed by atoms with van der Waals surface area (Å²) in [5.41, 5.74) is 3.68. The van der Waals surface area contributed by atoms with Crippen molar-refractivity contribution >= 4 is 10.1 Å². The maximum Gasteiger partial charge on any atom is 1.00 e. The van der Waals surface area contributed by atoms with Crippen LogP contribution in [0.1, 0.15) is 131 Å². The molecule has 1 aromatic carbocycles. The average molecular weight is 427 g/mol. The predicted molar refractivity (Wildman–Crippen MR) is 112 cm³/mol. The van der Waals surface area contributed by atoms with Crippen molar-refractivity contribution in [3.05, 3.63) is 28.8 Å². The van der Waals surface area contributed by atoms with E-state index in [0.29, 0.717) is 11.8 Å². The standard InChI is InChI=1S/C24H36O3S.Na/c25-28(26,27)22-17-16-21(18-10-4-1-5-11-18)23(19-12-6-2-7-13-19)24(22)20-14-8-3-9-15-20;/h16-20H,1-15H2,(H,25,26,27);/q;+1/p-1. The predicted octanol–water partition coefficient (Wildman–Crippen LogP) is 3.74. The molecule has 0 saturated heterocycles. The molecular formula is C24H35NaO3S. The van der Waals surface area contributed by atoms with Gasteiger partial charge in [-0.2, -0.15) is 0 Å². The summed E-state index contributed by atoms with van der Waals surface area (Å²) in [5, 5.41) is 0. The maximum atomic E-state index is 12.3. The van der Waals surface area contributed by atoms with E-state index in [2.05, 4.69) is 0 Å². The van der Waals surface area contributed by atoms with Gasteiger partial charge in [0.25, 0.3) is 0 Å². The number of hydrogen-bond acceptors (Lipinski definition) is 3. The van der Waals surface area contributed by atoms with Crippen LogP contribution in [0.2, 0.25) is 0 Å². The molecule has 0 atom stereocenters. The molecule has 3 nitrogen and oxygen atoms in total. The Labute approximate surface area is 199 Å². The van der Waals surface area contributed by atoms with Gasteiger partial charge in [0.2, 0.25) is 0 Å². The molecular weight excluding hydrogens is 391 g/mol. The van der Waals surface area contributed by atoms with Crippen LogP contribution in [-0.4, -0.2) is 13.0 Å². The normalized spacial score (nSPS) is 22.9. The molecule has 4 rings (SSSR count). The fourth-order valence-electron chi connectivity index (χ4n) is 6.28. The van der Waals surface area contributed by atoms with Gasteiger partial charge in [0, 0.05) is 0 Å². The Bertz CT molecular complexity index is 772. The first-order valence-electron chi connectivity index (χ1n) is 11.7. The Morgan fingerprint density at radius 3 is 1.48 bits per heavy atom. The number of hydrogen-bond donors (Lipinski definition) is 0. The quantitative estimate of drug-likeness (QED) is 0.544. The van der Waals surface area contributed by atoms with Crippen LogP contribution < -0.4 is 29.6 Å². The van der Waals surface area contributed by atoms with E-state index in [1.807, 2.05) is 6.07 Å². The minimum Gasteiger partial charge on any atom is -0.744 e. The third-order valence-corrected chi connectivity index (χ3v) is 8.52. The Balaban J connectivity index is 0.00000240. The van der Waals surface area contributed by atoms with Gasteiger partial charge in [-0.05, 0) is 79.0 Å². The zero-order chi connectivity index (χ0) is 19.6. The molecule has 5 heteroatoms. The maximum absolute atomic E-state index is 12.3. The van der Waals surface area contributed by atoms with Gasteiger partial charge in [0.15, 0.2) is 0 Å². The van der Waals surface area contributed by atoms with E-state index in [0.717, 1.165) is 44.1 Å². The van der Waals surface area contributed by atoms with Crippen LogP contribution in [-0.2, 0) is 10.1 Å². The first-order valence-corrected chi connectivity index (χ1v) is 13.1. The van der Waals surface area contributed by atoms with Crippen molar-refractivity contribution in [3.8, 4) is 0 Å². The molecule has 3 saturated carbocycles. The van der Waals surface area contributed by atoms with Crippen LogP contribution in [0.5, 0.6) is 0 Å². The molecule has 3 fully saturated rings. The fourth-order valence-corrected chi connectivity index (χ4v) is 7.06. The van der Waals surface area contributed by atoms with Gasteiger partial charge in [0.05, 0.1) is 4.90 Å². The second kappa shape index (κ2) is 10.6. The molecule has 0 radical (unpaired) electrons. The molecule has 0 spiro atoms. The molecule has 0 bridgehead atoms. The van der Waals surface area contributed by atoms with E-state index in [-0.39, 0.29) is 40.4 Å². The first kappa shape index (κ1) is 23.8. The molecule has 29 heavy (non-hydrogen) atoms. The zero-order valence-electron chi connectivity index (χ0n) is 18.1. The van der Waals surface area contributed by atoms with Crippen molar-refractivity contribution in [1.29, 1.82) is 0 Å². The second-order valence-electron chi connectivity index (χ2n) is 9.44. The average Bonchev–Trinajstić information content (AvgIpc) is 2.74. The second-order valence-corrected chi connectivity index (χ2v) is 10.8. The van der Waals surface area contributed by atoms with Crippen LogP contribution >= 0.6 is 0 Å². The van der Waals surface area contributed by atoms with Gasteiger partial charge in [-0.15, -0.1) is 0 Å². The van der Waals surface area contributed by atoms with E-state index in [1.165, 1.54) is 68.9 Å². The summed E-state index contributed by atoms with van der Waals surface area (Å²) in [5.74, 6) is 1.26. The molecule has 0 unspecified atom stereocenters. The van der Waals surface area contributed by atoms with Gasteiger partial charge in [0.1, 0.15) is 10.1 Å². The molecule has 3 aliphatic carbocycles. The molecule has 0 aliphatic heterocycles. The molecule has 0 heterocycles. The molecule has 156 valence electrons. The van der Waals surface area contributed by atoms with Gasteiger partial charge in [-0.1, -0.05) is 63.9 Å². The van der Waals surface area contributed by atoms with E-state index in [1.54, 1.807) is 6.07 Å². The number of benzene rings is 1. The van der Waals surface area contributed by atoms with Crippen LogP contribution in [0.4, 0.5) is 0 Å². The van der Waals surface area contributed by atoms with Crippen LogP contribution in [0.25, 0.3) is 0 Å². The largest absolute Gasteiger partial charge is 1.00 e. The topological polar surface area (TPSA) is 57.2 Å². The van der Waals surface area contributed by atoms with Crippen molar-refractivity contribution in [1.82, 2.24) is 0 Å². The van der Waals surface area contributed by atoms with E-state index >= 15 is 0 Å². The van der Waals surface area contributed by atoms with Gasteiger partial charge in [-0.25, -0.2) is 8.42 Å². The van der Waals surface area contributed by atoms with Crippen molar-refractivity contribution in [2.24, 2.45) is 0 Å². The monoisotopic (exact) mass is 426 g/mol. The molecule has 1 aromatic rings. The van der Waals surface area contributed by atoms with E-state index in [4.69, 9.17) is 0 Å². The smallest absolute Gasteiger partial charge is 0.744 e. The van der Waals surface area contributed by atoms with Crippen molar-refractivity contribution in [2.75, 3.05) is 0 Å². The molecule has 0 amide bonds. The van der Waals surface area contributed by atoms with Gasteiger partial charge >= 0.3 is 29.6 Å². The summed E-state index contributed by atoms with van der Waals surface area (Å²) in [4.78, 5) is 0.111. The minimum absolute atomic E-state index is 0. The Morgan fingerprint density at radius 2 is 1.03 bits per heavy atom. The summed E-state index contributed by atoms with van der Waals surface area (Å²) in [7, 11) is -4.44. The Kier molecular flexibility index (Phi) is 8.72. The van der Waals surface area contributed by atoms with E-state index < -0.39 is 10.1 Å². The van der Waals surface area contributed by atoms with Crippen molar-refractivity contribution in [2.45, 2.75) is 119 Å². The van der Waals surface area contributed by atoms with Crippen molar-refractivity contribution < 1.29 is 42.5 Å². The van der Waals surface area contributed by atoms with Crippen LogP contribution in [0.3, 0.4) is 0 Å². The van der Waals surface area contributed by atoms with Crippen LogP contribution in [0.15, 0.2) is 17.0 Å². The summed E-state index contributed by atoms with van der Waals surface area (Å²) < 4.78 is 36.8. The summed E-state index contributed by atoms with van der Waals surface area (Å²) in [6.07, 6.45) is 18.0. The summed E-state index contributed by atoms with van der Waals surface area (Å²) in [6, 6.07) is 3.72. The number of rotatable bonds is 4. The molecule has 0 aromatic heterocycles. The third-order valence-electron chi connectivity index (χ3n) is 7.62.